The van der Waals surface area contributed by atoms with Crippen LogP contribution in [0.5, 0.6) is 5.75 Å². The molecule has 0 aliphatic heterocycles. The SMILES string of the molecule is COc1ccc(Cl)cc1CN(CCO)CCCO. The molecule has 2 N–H and O–H groups in total. The molecule has 0 heterocycles. The van der Waals surface area contributed by atoms with E-state index < -0.39 is 0 Å². The van der Waals surface area contributed by atoms with Crippen LogP contribution in [0.3, 0.4) is 0 Å². The summed E-state index contributed by atoms with van der Waals surface area (Å²) in [5.74, 6) is 0.784. The zero-order valence-corrected chi connectivity index (χ0v) is 11.4. The maximum absolute atomic E-state index is 9.03. The van der Waals surface area contributed by atoms with E-state index >= 15 is 0 Å². The molecule has 0 aliphatic rings. The summed E-state index contributed by atoms with van der Waals surface area (Å²) in [5.41, 5.74) is 0.983. The van der Waals surface area contributed by atoms with E-state index in [1.165, 1.54) is 0 Å². The summed E-state index contributed by atoms with van der Waals surface area (Å²) in [6.07, 6.45) is 0.683. The van der Waals surface area contributed by atoms with E-state index in [1.54, 1.807) is 13.2 Å². The van der Waals surface area contributed by atoms with Crippen LogP contribution in [0.4, 0.5) is 0 Å². The van der Waals surface area contributed by atoms with Crippen molar-refractivity contribution in [3.8, 4) is 5.75 Å². The Morgan fingerprint density at radius 2 is 2.00 bits per heavy atom. The Kier molecular flexibility index (Phi) is 7.05. The molecule has 1 aromatic carbocycles. The molecule has 0 atom stereocenters. The summed E-state index contributed by atoms with van der Waals surface area (Å²) >= 11 is 5.98. The van der Waals surface area contributed by atoms with E-state index in [0.717, 1.165) is 17.9 Å². The molecule has 0 saturated heterocycles. The summed E-state index contributed by atoms with van der Waals surface area (Å²) in [4.78, 5) is 2.06. The number of aliphatic hydroxyl groups is 2. The third-order valence-corrected chi connectivity index (χ3v) is 2.92. The smallest absolute Gasteiger partial charge is 0.123 e. The van der Waals surface area contributed by atoms with Crippen molar-refractivity contribution < 1.29 is 14.9 Å². The number of aliphatic hydroxyl groups excluding tert-OH is 2. The fraction of sp³-hybridized carbons (Fsp3) is 0.538. The van der Waals surface area contributed by atoms with Gasteiger partial charge in [-0.05, 0) is 24.6 Å². The summed E-state index contributed by atoms with van der Waals surface area (Å²) in [6.45, 7) is 2.18. The normalized spacial score (nSPS) is 10.9. The highest BCUT2D eigenvalue weighted by Crippen LogP contribution is 2.24. The summed E-state index contributed by atoms with van der Waals surface area (Å²) < 4.78 is 5.29. The molecule has 1 aromatic rings. The van der Waals surface area contributed by atoms with E-state index in [1.807, 2.05) is 12.1 Å². The Morgan fingerprint density at radius 3 is 2.61 bits per heavy atom. The van der Waals surface area contributed by atoms with Gasteiger partial charge < -0.3 is 14.9 Å². The first-order valence-electron chi connectivity index (χ1n) is 5.97. The number of benzene rings is 1. The first-order chi connectivity index (χ1) is 8.71. The fourth-order valence-corrected chi connectivity index (χ4v) is 2.01. The topological polar surface area (TPSA) is 52.9 Å². The van der Waals surface area contributed by atoms with E-state index in [-0.39, 0.29) is 13.2 Å². The monoisotopic (exact) mass is 273 g/mol. The van der Waals surface area contributed by atoms with Crippen molar-refractivity contribution in [2.24, 2.45) is 0 Å². The molecule has 0 unspecified atom stereocenters. The number of nitrogens with zero attached hydrogens (tertiary/aromatic N) is 1. The fourth-order valence-electron chi connectivity index (χ4n) is 1.82. The summed E-state index contributed by atoms with van der Waals surface area (Å²) in [7, 11) is 1.62. The highest BCUT2D eigenvalue weighted by molar-refractivity contribution is 6.30. The van der Waals surface area contributed by atoms with Gasteiger partial charge in [-0.2, -0.15) is 0 Å². The molecule has 0 aliphatic carbocycles. The molecule has 0 spiro atoms. The zero-order valence-electron chi connectivity index (χ0n) is 10.6. The first kappa shape index (κ1) is 15.2. The minimum atomic E-state index is 0.0916. The molecule has 0 fully saturated rings. The Bertz CT molecular complexity index is 360. The molecule has 1 rings (SSSR count). The molecule has 0 amide bonds. The van der Waals surface area contributed by atoms with Crippen molar-refractivity contribution in [3.63, 3.8) is 0 Å². The lowest BCUT2D eigenvalue weighted by atomic mass is 10.2. The number of hydrogen-bond acceptors (Lipinski definition) is 4. The van der Waals surface area contributed by atoms with Gasteiger partial charge in [0.05, 0.1) is 13.7 Å². The van der Waals surface area contributed by atoms with Crippen molar-refractivity contribution in [2.45, 2.75) is 13.0 Å². The van der Waals surface area contributed by atoms with E-state index in [2.05, 4.69) is 4.90 Å². The maximum Gasteiger partial charge on any atom is 0.123 e. The van der Waals surface area contributed by atoms with E-state index in [4.69, 9.17) is 26.6 Å². The van der Waals surface area contributed by atoms with Gasteiger partial charge >= 0.3 is 0 Å². The number of halogens is 1. The highest BCUT2D eigenvalue weighted by atomic mass is 35.5. The standard InChI is InChI=1S/C13H20ClNO3/c1-18-13-4-3-12(14)9-11(13)10-15(6-8-17)5-2-7-16/h3-4,9,16-17H,2,5-8,10H2,1H3. The second-order valence-corrected chi connectivity index (χ2v) is 4.47. The summed E-state index contributed by atoms with van der Waals surface area (Å²) in [5, 5.41) is 18.6. The predicted octanol–water partition coefficient (Wildman–Crippen LogP) is 1.53. The number of rotatable bonds is 8. The van der Waals surface area contributed by atoms with Gasteiger partial charge in [-0.15, -0.1) is 0 Å². The third kappa shape index (κ3) is 4.82. The second-order valence-electron chi connectivity index (χ2n) is 4.03. The minimum absolute atomic E-state index is 0.0916. The minimum Gasteiger partial charge on any atom is -0.496 e. The van der Waals surface area contributed by atoms with Crippen LogP contribution in [0, 0.1) is 0 Å². The van der Waals surface area contributed by atoms with Gasteiger partial charge in [0.25, 0.3) is 0 Å². The van der Waals surface area contributed by atoms with E-state index in [0.29, 0.717) is 24.5 Å². The summed E-state index contributed by atoms with van der Waals surface area (Å²) in [6, 6.07) is 5.48. The average Bonchev–Trinajstić information content (AvgIpc) is 2.36. The van der Waals surface area contributed by atoms with Crippen molar-refractivity contribution in [1.82, 2.24) is 4.90 Å². The molecule has 4 nitrogen and oxygen atoms in total. The van der Waals surface area contributed by atoms with Crippen LogP contribution in [0.1, 0.15) is 12.0 Å². The van der Waals surface area contributed by atoms with Gasteiger partial charge in [0.15, 0.2) is 0 Å². The van der Waals surface area contributed by atoms with E-state index in [9.17, 15) is 0 Å². The lowest BCUT2D eigenvalue weighted by molar-refractivity contribution is 0.173. The Balaban J connectivity index is 2.74. The van der Waals surface area contributed by atoms with Gasteiger partial charge in [0.1, 0.15) is 5.75 Å². The van der Waals surface area contributed by atoms with Gasteiger partial charge in [0.2, 0.25) is 0 Å². The number of hydrogen-bond donors (Lipinski definition) is 2. The lowest BCUT2D eigenvalue weighted by Gasteiger charge is -2.22. The zero-order chi connectivity index (χ0) is 13.4. The van der Waals surface area contributed by atoms with Crippen molar-refractivity contribution in [2.75, 3.05) is 33.4 Å². The molecular weight excluding hydrogens is 254 g/mol. The molecule has 102 valence electrons. The maximum atomic E-state index is 9.03. The van der Waals surface area contributed by atoms with Gasteiger partial charge in [-0.25, -0.2) is 0 Å². The number of methoxy groups -OCH3 is 1. The Morgan fingerprint density at radius 1 is 1.22 bits per heavy atom. The van der Waals surface area contributed by atoms with Crippen molar-refractivity contribution in [3.05, 3.63) is 28.8 Å². The van der Waals surface area contributed by atoms with Crippen LogP contribution >= 0.6 is 11.6 Å². The average molecular weight is 274 g/mol. The van der Waals surface area contributed by atoms with Crippen molar-refractivity contribution >= 4 is 11.6 Å². The van der Waals surface area contributed by atoms with Crippen LogP contribution in [-0.4, -0.2) is 48.5 Å². The quantitative estimate of drug-likeness (QED) is 0.754. The first-order valence-corrected chi connectivity index (χ1v) is 6.35. The number of ether oxygens (including phenoxy) is 1. The molecule has 0 saturated carbocycles. The molecule has 0 bridgehead atoms. The van der Waals surface area contributed by atoms with Gasteiger partial charge in [0, 0.05) is 36.8 Å². The Hall–Kier alpha value is -0.810. The molecule has 0 aromatic heterocycles. The second kappa shape index (κ2) is 8.32. The van der Waals surface area contributed by atoms with Crippen LogP contribution in [0.2, 0.25) is 5.02 Å². The molecule has 18 heavy (non-hydrogen) atoms. The van der Waals surface area contributed by atoms with Crippen LogP contribution in [-0.2, 0) is 6.54 Å². The lowest BCUT2D eigenvalue weighted by Crippen LogP contribution is -2.28. The van der Waals surface area contributed by atoms with Crippen LogP contribution < -0.4 is 4.74 Å². The molecule has 5 heteroatoms. The van der Waals surface area contributed by atoms with Crippen LogP contribution in [0.25, 0.3) is 0 Å². The van der Waals surface area contributed by atoms with Crippen LogP contribution in [0.15, 0.2) is 18.2 Å². The molecular formula is C13H20ClNO3. The largest absolute Gasteiger partial charge is 0.496 e. The Labute approximate surface area is 113 Å². The van der Waals surface area contributed by atoms with Gasteiger partial charge in [-0.1, -0.05) is 11.6 Å². The van der Waals surface area contributed by atoms with Crippen molar-refractivity contribution in [1.29, 1.82) is 0 Å². The van der Waals surface area contributed by atoms with Gasteiger partial charge in [-0.3, -0.25) is 4.90 Å². The highest BCUT2D eigenvalue weighted by Gasteiger charge is 2.10. The molecule has 0 radical (unpaired) electrons. The third-order valence-electron chi connectivity index (χ3n) is 2.69. The predicted molar refractivity (Wildman–Crippen MR) is 72.1 cm³/mol.